The van der Waals surface area contributed by atoms with Gasteiger partial charge in [0.1, 0.15) is 0 Å². The Labute approximate surface area is 123 Å². The van der Waals surface area contributed by atoms with E-state index in [1.807, 2.05) is 6.07 Å². The molecular weight excluding hydrogens is 276 g/mol. The van der Waals surface area contributed by atoms with Gasteiger partial charge in [-0.3, -0.25) is 0 Å². The molecule has 19 heavy (non-hydrogen) atoms. The van der Waals surface area contributed by atoms with Crippen molar-refractivity contribution in [1.29, 1.82) is 0 Å². The number of aromatic nitrogens is 1. The molecule has 102 valence electrons. The van der Waals surface area contributed by atoms with Gasteiger partial charge in [-0.15, -0.1) is 11.6 Å². The Morgan fingerprint density at radius 2 is 2.32 bits per heavy atom. The number of anilines is 1. The van der Waals surface area contributed by atoms with Crippen LogP contribution in [-0.4, -0.2) is 16.4 Å². The summed E-state index contributed by atoms with van der Waals surface area (Å²) in [6.45, 7) is 2.32. The van der Waals surface area contributed by atoms with Crippen molar-refractivity contribution in [2.24, 2.45) is 5.92 Å². The van der Waals surface area contributed by atoms with Gasteiger partial charge < -0.3 is 5.32 Å². The molecule has 1 N–H and O–H groups in total. The van der Waals surface area contributed by atoms with Gasteiger partial charge in [0.25, 0.3) is 0 Å². The Kier molecular flexibility index (Phi) is 3.68. The number of thiazole rings is 1. The molecule has 1 aliphatic rings. The van der Waals surface area contributed by atoms with Crippen LogP contribution in [0.4, 0.5) is 5.13 Å². The van der Waals surface area contributed by atoms with E-state index in [0.717, 1.165) is 29.4 Å². The number of nitrogens with zero attached hydrogens (tertiary/aromatic N) is 1. The molecule has 0 amide bonds. The van der Waals surface area contributed by atoms with Crippen molar-refractivity contribution in [3.63, 3.8) is 0 Å². The van der Waals surface area contributed by atoms with Crippen molar-refractivity contribution < 1.29 is 0 Å². The number of nitrogens with one attached hydrogen (secondary N) is 1. The van der Waals surface area contributed by atoms with Gasteiger partial charge in [0, 0.05) is 5.88 Å². The fourth-order valence-corrected chi connectivity index (χ4v) is 4.38. The highest BCUT2D eigenvalue weighted by atomic mass is 35.5. The zero-order chi connectivity index (χ0) is 13.3. The first-order valence-corrected chi connectivity index (χ1v) is 8.26. The lowest BCUT2D eigenvalue weighted by Gasteiger charge is -2.39. The molecule has 1 aromatic heterocycles. The molecule has 1 saturated carbocycles. The summed E-state index contributed by atoms with van der Waals surface area (Å²) in [5, 5.41) is 4.65. The van der Waals surface area contributed by atoms with Gasteiger partial charge >= 0.3 is 0 Å². The molecule has 4 heteroatoms. The molecule has 2 unspecified atom stereocenters. The van der Waals surface area contributed by atoms with Crippen molar-refractivity contribution in [1.82, 2.24) is 4.98 Å². The smallest absolute Gasteiger partial charge is 0.184 e. The summed E-state index contributed by atoms with van der Waals surface area (Å²) < 4.78 is 1.23. The molecule has 2 nitrogen and oxygen atoms in total. The maximum absolute atomic E-state index is 6.27. The average Bonchev–Trinajstić information content (AvgIpc) is 2.80. The van der Waals surface area contributed by atoms with Crippen molar-refractivity contribution >= 4 is 38.3 Å². The van der Waals surface area contributed by atoms with E-state index in [-0.39, 0.29) is 5.54 Å². The van der Waals surface area contributed by atoms with Crippen molar-refractivity contribution in [3.8, 4) is 0 Å². The number of rotatable bonds is 3. The SMILES string of the molecule is CC1CCCC(CCl)(Nc2nc3ccccc3s2)C1. The summed E-state index contributed by atoms with van der Waals surface area (Å²) in [4.78, 5) is 4.67. The van der Waals surface area contributed by atoms with E-state index in [1.54, 1.807) is 11.3 Å². The minimum Gasteiger partial charge on any atom is -0.355 e. The first kappa shape index (κ1) is 13.2. The number of para-hydroxylation sites is 1. The van der Waals surface area contributed by atoms with Gasteiger partial charge in [-0.1, -0.05) is 43.2 Å². The Hall–Kier alpha value is -0.800. The normalized spacial score (nSPS) is 27.6. The molecule has 1 fully saturated rings. The third-order valence-corrected chi connectivity index (χ3v) is 5.48. The maximum atomic E-state index is 6.27. The topological polar surface area (TPSA) is 24.9 Å². The van der Waals surface area contributed by atoms with Crippen LogP contribution in [0, 0.1) is 5.92 Å². The number of halogens is 1. The average molecular weight is 295 g/mol. The third kappa shape index (κ3) is 2.72. The standard InChI is InChI=1S/C15H19ClN2S/c1-11-5-4-8-15(9-11,10-16)18-14-17-12-6-2-3-7-13(12)19-14/h2-3,6-7,11H,4-5,8-10H2,1H3,(H,17,18). The predicted octanol–water partition coefficient (Wildman–Crippen LogP) is 4.90. The van der Waals surface area contributed by atoms with Crippen LogP contribution in [-0.2, 0) is 0 Å². The van der Waals surface area contributed by atoms with Crippen LogP contribution in [0.2, 0.25) is 0 Å². The molecule has 2 aromatic rings. The number of fused-ring (bicyclic) bond motifs is 1. The second-order valence-corrected chi connectivity index (χ2v) is 7.03. The Morgan fingerprint density at radius 3 is 3.05 bits per heavy atom. The summed E-state index contributed by atoms with van der Waals surface area (Å²) in [6, 6.07) is 8.28. The number of hydrogen-bond donors (Lipinski definition) is 1. The second-order valence-electron chi connectivity index (χ2n) is 5.73. The van der Waals surface area contributed by atoms with Crippen LogP contribution in [0.5, 0.6) is 0 Å². The lowest BCUT2D eigenvalue weighted by atomic mass is 9.77. The summed E-state index contributed by atoms with van der Waals surface area (Å²) in [6.07, 6.45) is 4.87. The number of alkyl halides is 1. The van der Waals surface area contributed by atoms with Crippen LogP contribution in [0.1, 0.15) is 32.6 Å². The monoisotopic (exact) mass is 294 g/mol. The van der Waals surface area contributed by atoms with E-state index in [2.05, 4.69) is 35.4 Å². The van der Waals surface area contributed by atoms with Crippen LogP contribution in [0.3, 0.4) is 0 Å². The Morgan fingerprint density at radius 1 is 1.47 bits per heavy atom. The summed E-state index contributed by atoms with van der Waals surface area (Å²) in [5.74, 6) is 1.40. The van der Waals surface area contributed by atoms with Crippen LogP contribution < -0.4 is 5.32 Å². The van der Waals surface area contributed by atoms with Gasteiger partial charge in [0.2, 0.25) is 0 Å². The van der Waals surface area contributed by atoms with Crippen LogP contribution in [0.25, 0.3) is 10.2 Å². The van der Waals surface area contributed by atoms with Gasteiger partial charge in [-0.05, 0) is 30.9 Å². The molecule has 0 bridgehead atoms. The zero-order valence-corrected chi connectivity index (χ0v) is 12.7. The summed E-state index contributed by atoms with van der Waals surface area (Å²) in [7, 11) is 0. The largest absolute Gasteiger partial charge is 0.355 e. The molecule has 0 saturated heterocycles. The lowest BCUT2D eigenvalue weighted by molar-refractivity contribution is 0.279. The van der Waals surface area contributed by atoms with Gasteiger partial charge in [-0.2, -0.15) is 0 Å². The summed E-state index contributed by atoms with van der Waals surface area (Å²) >= 11 is 7.99. The van der Waals surface area contributed by atoms with Gasteiger partial charge in [0.05, 0.1) is 15.8 Å². The van der Waals surface area contributed by atoms with E-state index < -0.39 is 0 Å². The highest BCUT2D eigenvalue weighted by molar-refractivity contribution is 7.22. The number of hydrogen-bond acceptors (Lipinski definition) is 3. The molecule has 2 atom stereocenters. The van der Waals surface area contributed by atoms with E-state index in [0.29, 0.717) is 5.88 Å². The molecule has 0 radical (unpaired) electrons. The highest BCUT2D eigenvalue weighted by Gasteiger charge is 2.34. The first-order valence-electron chi connectivity index (χ1n) is 6.90. The summed E-state index contributed by atoms with van der Waals surface area (Å²) in [5.41, 5.74) is 1.11. The molecule has 0 aliphatic heterocycles. The van der Waals surface area contributed by atoms with Crippen molar-refractivity contribution in [2.75, 3.05) is 11.2 Å². The molecule has 1 aromatic carbocycles. The lowest BCUT2D eigenvalue weighted by Crippen LogP contribution is -2.44. The minimum atomic E-state index is 0.0348. The van der Waals surface area contributed by atoms with E-state index in [1.165, 1.54) is 17.5 Å². The molecule has 0 spiro atoms. The third-order valence-electron chi connectivity index (χ3n) is 4.01. The molecule has 1 aliphatic carbocycles. The molecule has 3 rings (SSSR count). The second kappa shape index (κ2) is 5.29. The Balaban J connectivity index is 1.85. The van der Waals surface area contributed by atoms with E-state index in [4.69, 9.17) is 11.6 Å². The van der Waals surface area contributed by atoms with Crippen LogP contribution >= 0.6 is 22.9 Å². The number of benzene rings is 1. The van der Waals surface area contributed by atoms with Crippen molar-refractivity contribution in [2.45, 2.75) is 38.1 Å². The van der Waals surface area contributed by atoms with E-state index >= 15 is 0 Å². The quantitative estimate of drug-likeness (QED) is 0.815. The first-order chi connectivity index (χ1) is 9.21. The molecule has 1 heterocycles. The highest BCUT2D eigenvalue weighted by Crippen LogP contribution is 2.37. The van der Waals surface area contributed by atoms with Crippen LogP contribution in [0.15, 0.2) is 24.3 Å². The van der Waals surface area contributed by atoms with Gasteiger partial charge in [0.15, 0.2) is 5.13 Å². The maximum Gasteiger partial charge on any atom is 0.184 e. The zero-order valence-electron chi connectivity index (χ0n) is 11.2. The molecular formula is C15H19ClN2S. The van der Waals surface area contributed by atoms with E-state index in [9.17, 15) is 0 Å². The minimum absolute atomic E-state index is 0.0348. The van der Waals surface area contributed by atoms with Crippen molar-refractivity contribution in [3.05, 3.63) is 24.3 Å². The predicted molar refractivity (Wildman–Crippen MR) is 84.3 cm³/mol. The fourth-order valence-electron chi connectivity index (χ4n) is 3.08. The Bertz CT molecular complexity index is 535. The van der Waals surface area contributed by atoms with Gasteiger partial charge in [-0.25, -0.2) is 4.98 Å². The fraction of sp³-hybridized carbons (Fsp3) is 0.533.